The summed E-state index contributed by atoms with van der Waals surface area (Å²) >= 11 is 3.30. The summed E-state index contributed by atoms with van der Waals surface area (Å²) in [6.45, 7) is 3.97. The summed E-state index contributed by atoms with van der Waals surface area (Å²) in [6, 6.07) is 18.4. The molecule has 5 rings (SSSR count). The second kappa shape index (κ2) is 8.02. The molecule has 0 spiro atoms. The molecule has 0 amide bonds. The molecule has 0 bridgehead atoms. The van der Waals surface area contributed by atoms with Gasteiger partial charge in [0.25, 0.3) is 5.56 Å². The quantitative estimate of drug-likeness (QED) is 0.334. The van der Waals surface area contributed by atoms with Gasteiger partial charge in [0.1, 0.15) is 4.83 Å². The van der Waals surface area contributed by atoms with Crippen molar-refractivity contribution in [3.63, 3.8) is 0 Å². The highest BCUT2D eigenvalue weighted by Crippen LogP contribution is 2.34. The lowest BCUT2D eigenvalue weighted by Gasteiger charge is -2.21. The van der Waals surface area contributed by atoms with E-state index in [4.69, 9.17) is 4.98 Å². The SMILES string of the molecule is Cc1ccc(CSc2nc3sc4c(c3c(=O)n2-c2ccccc2)CCN(C)C4)cc1. The molecule has 30 heavy (non-hydrogen) atoms. The first-order valence-corrected chi connectivity index (χ1v) is 11.9. The second-order valence-electron chi connectivity index (χ2n) is 7.82. The van der Waals surface area contributed by atoms with Gasteiger partial charge in [-0.25, -0.2) is 4.98 Å². The minimum Gasteiger partial charge on any atom is -0.301 e. The van der Waals surface area contributed by atoms with Crippen LogP contribution in [0.1, 0.15) is 21.6 Å². The molecule has 3 heterocycles. The summed E-state index contributed by atoms with van der Waals surface area (Å²) in [5.41, 5.74) is 4.60. The van der Waals surface area contributed by atoms with Crippen LogP contribution < -0.4 is 5.56 Å². The molecule has 0 aliphatic carbocycles. The smallest absolute Gasteiger partial charge is 0.267 e. The Morgan fingerprint density at radius 2 is 1.87 bits per heavy atom. The third kappa shape index (κ3) is 3.60. The van der Waals surface area contributed by atoms with Crippen LogP contribution in [0.2, 0.25) is 0 Å². The summed E-state index contributed by atoms with van der Waals surface area (Å²) in [5.74, 6) is 0.777. The first-order valence-electron chi connectivity index (χ1n) is 10.1. The van der Waals surface area contributed by atoms with E-state index in [9.17, 15) is 4.79 Å². The van der Waals surface area contributed by atoms with Crippen LogP contribution in [0.15, 0.2) is 64.5 Å². The van der Waals surface area contributed by atoms with E-state index in [2.05, 4.69) is 43.1 Å². The van der Waals surface area contributed by atoms with Gasteiger partial charge in [-0.05, 0) is 43.7 Å². The highest BCUT2D eigenvalue weighted by Gasteiger charge is 2.24. The fourth-order valence-corrected chi connectivity index (χ4v) is 6.20. The van der Waals surface area contributed by atoms with Crippen molar-refractivity contribution in [1.82, 2.24) is 14.5 Å². The number of nitrogens with zero attached hydrogens (tertiary/aromatic N) is 3. The fourth-order valence-electron chi connectivity index (χ4n) is 3.89. The zero-order chi connectivity index (χ0) is 20.7. The molecule has 4 nitrogen and oxygen atoms in total. The van der Waals surface area contributed by atoms with Gasteiger partial charge in [0, 0.05) is 23.7 Å². The van der Waals surface area contributed by atoms with Crippen molar-refractivity contribution in [3.8, 4) is 5.69 Å². The van der Waals surface area contributed by atoms with Crippen LogP contribution in [0.25, 0.3) is 15.9 Å². The minimum absolute atomic E-state index is 0.0552. The Balaban J connectivity index is 1.64. The van der Waals surface area contributed by atoms with Crippen LogP contribution in [0.5, 0.6) is 0 Å². The number of aromatic nitrogens is 2. The maximum absolute atomic E-state index is 13.7. The van der Waals surface area contributed by atoms with Gasteiger partial charge in [-0.2, -0.15) is 0 Å². The second-order valence-corrected chi connectivity index (χ2v) is 9.84. The van der Waals surface area contributed by atoms with Crippen molar-refractivity contribution in [3.05, 3.63) is 86.5 Å². The number of para-hydroxylation sites is 1. The number of aryl methyl sites for hydroxylation is 1. The number of thiophene rings is 1. The average molecular weight is 434 g/mol. The molecule has 0 fully saturated rings. The molecule has 2 aromatic heterocycles. The van der Waals surface area contributed by atoms with Crippen molar-refractivity contribution in [1.29, 1.82) is 0 Å². The van der Waals surface area contributed by atoms with E-state index in [1.165, 1.54) is 21.6 Å². The molecule has 1 aliphatic rings. The van der Waals surface area contributed by atoms with Gasteiger partial charge >= 0.3 is 0 Å². The number of fused-ring (bicyclic) bond motifs is 3. The van der Waals surface area contributed by atoms with E-state index in [1.54, 1.807) is 27.7 Å². The van der Waals surface area contributed by atoms with E-state index in [0.717, 1.165) is 46.3 Å². The molecule has 0 unspecified atom stereocenters. The van der Waals surface area contributed by atoms with Gasteiger partial charge in [0.2, 0.25) is 0 Å². The molecule has 1 aliphatic heterocycles. The van der Waals surface area contributed by atoms with Crippen molar-refractivity contribution >= 4 is 33.3 Å². The molecule has 0 saturated carbocycles. The molecular formula is C24H23N3OS2. The molecule has 2 aromatic carbocycles. The Morgan fingerprint density at radius 1 is 1.10 bits per heavy atom. The lowest BCUT2D eigenvalue weighted by Crippen LogP contribution is -2.27. The summed E-state index contributed by atoms with van der Waals surface area (Å²) in [4.78, 5) is 23.2. The lowest BCUT2D eigenvalue weighted by molar-refractivity contribution is 0.318. The topological polar surface area (TPSA) is 38.1 Å². The number of thioether (sulfide) groups is 1. The molecule has 0 saturated heterocycles. The van der Waals surface area contributed by atoms with Gasteiger partial charge in [0.15, 0.2) is 5.16 Å². The molecule has 152 valence electrons. The van der Waals surface area contributed by atoms with Crippen LogP contribution in [0.3, 0.4) is 0 Å². The van der Waals surface area contributed by atoms with Crippen LogP contribution >= 0.6 is 23.1 Å². The van der Waals surface area contributed by atoms with Crippen LogP contribution in [0.4, 0.5) is 0 Å². The standard InChI is InChI=1S/C24H23N3OS2/c1-16-8-10-17(11-9-16)15-29-24-25-22-21(19-12-13-26(2)14-20(19)30-22)23(28)27(24)18-6-4-3-5-7-18/h3-11H,12-15H2,1-2H3. The van der Waals surface area contributed by atoms with E-state index < -0.39 is 0 Å². The number of benzene rings is 2. The van der Waals surface area contributed by atoms with Crippen LogP contribution in [-0.2, 0) is 18.7 Å². The predicted molar refractivity (Wildman–Crippen MR) is 126 cm³/mol. The highest BCUT2D eigenvalue weighted by atomic mass is 32.2. The van der Waals surface area contributed by atoms with Crippen LogP contribution in [0, 0.1) is 6.92 Å². The van der Waals surface area contributed by atoms with E-state index >= 15 is 0 Å². The highest BCUT2D eigenvalue weighted by molar-refractivity contribution is 7.98. The maximum atomic E-state index is 13.7. The fraction of sp³-hybridized carbons (Fsp3) is 0.250. The zero-order valence-corrected chi connectivity index (χ0v) is 18.7. The molecule has 0 atom stereocenters. The van der Waals surface area contributed by atoms with E-state index in [1.807, 2.05) is 30.3 Å². The number of hydrogen-bond donors (Lipinski definition) is 0. The number of rotatable bonds is 4. The monoisotopic (exact) mass is 433 g/mol. The lowest BCUT2D eigenvalue weighted by atomic mass is 10.1. The third-order valence-corrected chi connectivity index (χ3v) is 7.66. The summed E-state index contributed by atoms with van der Waals surface area (Å²) in [5, 5.41) is 1.57. The first-order chi connectivity index (χ1) is 14.6. The van der Waals surface area contributed by atoms with Gasteiger partial charge < -0.3 is 4.90 Å². The van der Waals surface area contributed by atoms with Crippen molar-refractivity contribution in [2.45, 2.75) is 30.8 Å². The molecular weight excluding hydrogens is 410 g/mol. The number of likely N-dealkylation sites (N-methyl/N-ethyl adjacent to an activating group) is 1. The van der Waals surface area contributed by atoms with Crippen molar-refractivity contribution in [2.75, 3.05) is 13.6 Å². The van der Waals surface area contributed by atoms with Gasteiger partial charge in [0.05, 0.1) is 11.1 Å². The Bertz CT molecular complexity index is 1260. The van der Waals surface area contributed by atoms with Gasteiger partial charge in [-0.15, -0.1) is 11.3 Å². The maximum Gasteiger partial charge on any atom is 0.267 e. The zero-order valence-electron chi connectivity index (χ0n) is 17.1. The molecule has 0 N–H and O–H groups in total. The predicted octanol–water partition coefficient (Wildman–Crippen LogP) is 5.04. The van der Waals surface area contributed by atoms with Gasteiger partial charge in [-0.3, -0.25) is 9.36 Å². The normalized spacial score (nSPS) is 14.2. The van der Waals surface area contributed by atoms with Crippen LogP contribution in [-0.4, -0.2) is 28.0 Å². The van der Waals surface area contributed by atoms with E-state index in [0.29, 0.717) is 0 Å². The van der Waals surface area contributed by atoms with Crippen molar-refractivity contribution in [2.24, 2.45) is 0 Å². The Hall–Kier alpha value is -2.41. The molecule has 4 aromatic rings. The molecule has 6 heteroatoms. The molecule has 0 radical (unpaired) electrons. The van der Waals surface area contributed by atoms with Gasteiger partial charge in [-0.1, -0.05) is 59.8 Å². The average Bonchev–Trinajstić information content (AvgIpc) is 3.11. The Morgan fingerprint density at radius 3 is 2.63 bits per heavy atom. The summed E-state index contributed by atoms with van der Waals surface area (Å²) in [7, 11) is 2.13. The van der Waals surface area contributed by atoms with E-state index in [-0.39, 0.29) is 5.56 Å². The summed E-state index contributed by atoms with van der Waals surface area (Å²) < 4.78 is 1.80. The first kappa shape index (κ1) is 19.5. The Kier molecular flexibility index (Phi) is 5.23. The number of hydrogen-bond acceptors (Lipinski definition) is 5. The summed E-state index contributed by atoms with van der Waals surface area (Å²) in [6.07, 6.45) is 0.910. The minimum atomic E-state index is 0.0552. The third-order valence-electron chi connectivity index (χ3n) is 5.54. The largest absolute Gasteiger partial charge is 0.301 e. The van der Waals surface area contributed by atoms with Crippen molar-refractivity contribution < 1.29 is 0 Å². The Labute approximate surface area is 184 Å².